The van der Waals surface area contributed by atoms with Crippen LogP contribution in [0.1, 0.15) is 30.9 Å². The number of methoxy groups -OCH3 is 2. The Morgan fingerprint density at radius 2 is 1.84 bits per heavy atom. The molecule has 0 spiro atoms. The van der Waals surface area contributed by atoms with E-state index in [2.05, 4.69) is 5.32 Å². The molecule has 6 heteroatoms. The number of benzene rings is 1. The highest BCUT2D eigenvalue weighted by molar-refractivity contribution is 5.92. The summed E-state index contributed by atoms with van der Waals surface area (Å²) in [5, 5.41) is 2.89. The maximum absolute atomic E-state index is 12.7. The Bertz CT molecular complexity index is 674. The monoisotopic (exact) mass is 346 g/mol. The lowest BCUT2D eigenvalue weighted by atomic mass is 9.98. The van der Waals surface area contributed by atoms with Gasteiger partial charge in [0.2, 0.25) is 11.8 Å². The van der Waals surface area contributed by atoms with E-state index in [0.717, 1.165) is 24.2 Å². The zero-order valence-corrected chi connectivity index (χ0v) is 15.1. The predicted molar refractivity (Wildman–Crippen MR) is 93.6 cm³/mol. The van der Waals surface area contributed by atoms with Gasteiger partial charge in [0.1, 0.15) is 0 Å². The van der Waals surface area contributed by atoms with E-state index in [1.165, 1.54) is 5.56 Å². The van der Waals surface area contributed by atoms with Gasteiger partial charge in [0.15, 0.2) is 11.5 Å². The number of nitrogens with zero attached hydrogens (tertiary/aromatic N) is 1. The lowest BCUT2D eigenvalue weighted by Gasteiger charge is -2.30. The smallest absolute Gasteiger partial charge is 0.226 e. The summed E-state index contributed by atoms with van der Waals surface area (Å²) < 4.78 is 10.7. The number of hydrogen-bond donors (Lipinski definition) is 1. The van der Waals surface area contributed by atoms with E-state index in [1.807, 2.05) is 24.0 Å². The second-order valence-electron chi connectivity index (χ2n) is 6.73. The lowest BCUT2D eigenvalue weighted by Crippen LogP contribution is -2.38. The fourth-order valence-electron chi connectivity index (χ4n) is 3.44. The minimum absolute atomic E-state index is 0.0176. The van der Waals surface area contributed by atoms with Gasteiger partial charge in [-0.15, -0.1) is 0 Å². The van der Waals surface area contributed by atoms with Crippen molar-refractivity contribution in [2.75, 3.05) is 27.3 Å². The zero-order valence-electron chi connectivity index (χ0n) is 15.1. The molecule has 1 aliphatic carbocycles. The Labute approximate surface area is 148 Å². The maximum Gasteiger partial charge on any atom is 0.226 e. The standard InChI is InChI=1S/C19H26N2O4/c1-4-6-20-18(22)14-10-15(14)19(23)21-7-5-12-8-16(24-2)17(25-3)9-13(12)11-21/h8-9,14-15H,4-7,10-11H2,1-3H3,(H,20,22). The highest BCUT2D eigenvalue weighted by Crippen LogP contribution is 2.41. The van der Waals surface area contributed by atoms with Crippen LogP contribution in [0.15, 0.2) is 12.1 Å². The number of rotatable bonds is 6. The summed E-state index contributed by atoms with van der Waals surface area (Å²) in [6.07, 6.45) is 2.37. The van der Waals surface area contributed by atoms with Crippen LogP contribution in [-0.4, -0.2) is 44.0 Å². The molecule has 1 N–H and O–H groups in total. The number of hydrogen-bond acceptors (Lipinski definition) is 4. The van der Waals surface area contributed by atoms with Crippen LogP contribution in [0.4, 0.5) is 0 Å². The lowest BCUT2D eigenvalue weighted by molar-refractivity contribution is -0.135. The third-order valence-corrected chi connectivity index (χ3v) is 5.02. The molecule has 3 rings (SSSR count). The first kappa shape index (κ1) is 17.6. The van der Waals surface area contributed by atoms with Crippen molar-refractivity contribution in [1.29, 1.82) is 0 Å². The summed E-state index contributed by atoms with van der Waals surface area (Å²) in [6, 6.07) is 3.94. The van der Waals surface area contributed by atoms with Crippen molar-refractivity contribution in [3.05, 3.63) is 23.3 Å². The van der Waals surface area contributed by atoms with Crippen molar-refractivity contribution < 1.29 is 19.1 Å². The van der Waals surface area contributed by atoms with E-state index in [4.69, 9.17) is 9.47 Å². The summed E-state index contributed by atoms with van der Waals surface area (Å²) in [6.45, 7) is 3.94. The number of fused-ring (bicyclic) bond motifs is 1. The van der Waals surface area contributed by atoms with Gasteiger partial charge in [0.25, 0.3) is 0 Å². The molecule has 2 aliphatic rings. The van der Waals surface area contributed by atoms with Crippen LogP contribution in [0, 0.1) is 11.8 Å². The molecule has 136 valence electrons. The van der Waals surface area contributed by atoms with Crippen molar-refractivity contribution in [3.8, 4) is 11.5 Å². The molecule has 1 saturated carbocycles. The molecule has 1 fully saturated rings. The first-order valence-electron chi connectivity index (χ1n) is 8.89. The SMILES string of the molecule is CCCNC(=O)C1CC1C(=O)N1CCc2cc(OC)c(OC)cc2C1. The molecule has 0 aromatic heterocycles. The van der Waals surface area contributed by atoms with Gasteiger partial charge in [-0.25, -0.2) is 0 Å². The largest absolute Gasteiger partial charge is 0.493 e. The van der Waals surface area contributed by atoms with Gasteiger partial charge in [-0.05, 0) is 42.5 Å². The van der Waals surface area contributed by atoms with Gasteiger partial charge in [-0.1, -0.05) is 6.92 Å². The van der Waals surface area contributed by atoms with E-state index in [0.29, 0.717) is 31.8 Å². The van der Waals surface area contributed by atoms with Crippen molar-refractivity contribution in [2.24, 2.45) is 11.8 Å². The second-order valence-corrected chi connectivity index (χ2v) is 6.73. The first-order chi connectivity index (χ1) is 12.1. The first-order valence-corrected chi connectivity index (χ1v) is 8.89. The summed E-state index contributed by atoms with van der Waals surface area (Å²) in [5.41, 5.74) is 2.28. The number of carbonyl (C=O) groups is 2. The number of nitrogens with one attached hydrogen (secondary N) is 1. The molecule has 1 heterocycles. The summed E-state index contributed by atoms with van der Waals surface area (Å²) in [7, 11) is 3.24. The highest BCUT2D eigenvalue weighted by Gasteiger charge is 2.49. The summed E-state index contributed by atoms with van der Waals surface area (Å²) in [4.78, 5) is 26.6. The average molecular weight is 346 g/mol. The van der Waals surface area contributed by atoms with Gasteiger partial charge < -0.3 is 19.7 Å². The minimum atomic E-state index is -0.154. The van der Waals surface area contributed by atoms with Crippen LogP contribution >= 0.6 is 0 Å². The third-order valence-electron chi connectivity index (χ3n) is 5.02. The van der Waals surface area contributed by atoms with Crippen molar-refractivity contribution in [1.82, 2.24) is 10.2 Å². The van der Waals surface area contributed by atoms with Crippen molar-refractivity contribution in [3.63, 3.8) is 0 Å². The number of carbonyl (C=O) groups excluding carboxylic acids is 2. The Hall–Kier alpha value is -2.24. The topological polar surface area (TPSA) is 67.9 Å². The Morgan fingerprint density at radius 1 is 1.16 bits per heavy atom. The van der Waals surface area contributed by atoms with Gasteiger partial charge in [-0.2, -0.15) is 0 Å². The molecule has 2 atom stereocenters. The molecule has 0 bridgehead atoms. The van der Waals surface area contributed by atoms with Crippen LogP contribution in [0.2, 0.25) is 0 Å². The van der Waals surface area contributed by atoms with Crippen LogP contribution in [0.3, 0.4) is 0 Å². The van der Waals surface area contributed by atoms with Crippen molar-refractivity contribution >= 4 is 11.8 Å². The van der Waals surface area contributed by atoms with Gasteiger partial charge in [0.05, 0.1) is 26.1 Å². The number of amides is 2. The highest BCUT2D eigenvalue weighted by atomic mass is 16.5. The predicted octanol–water partition coefficient (Wildman–Crippen LogP) is 1.75. The van der Waals surface area contributed by atoms with E-state index < -0.39 is 0 Å². The molecule has 1 aromatic rings. The Kier molecular flexibility index (Phi) is 5.16. The quantitative estimate of drug-likeness (QED) is 0.852. The van der Waals surface area contributed by atoms with E-state index in [1.54, 1.807) is 14.2 Å². The van der Waals surface area contributed by atoms with Crippen LogP contribution in [0.5, 0.6) is 11.5 Å². The normalized spacial score (nSPS) is 21.3. The van der Waals surface area contributed by atoms with Crippen LogP contribution in [0.25, 0.3) is 0 Å². The maximum atomic E-state index is 12.7. The van der Waals surface area contributed by atoms with Crippen molar-refractivity contribution in [2.45, 2.75) is 32.7 Å². The van der Waals surface area contributed by atoms with Gasteiger partial charge in [0, 0.05) is 19.6 Å². The van der Waals surface area contributed by atoms with E-state index in [9.17, 15) is 9.59 Å². The van der Waals surface area contributed by atoms with Crippen LogP contribution < -0.4 is 14.8 Å². The molecular weight excluding hydrogens is 320 g/mol. The average Bonchev–Trinajstić information content (AvgIpc) is 3.44. The van der Waals surface area contributed by atoms with E-state index in [-0.39, 0.29) is 23.7 Å². The third kappa shape index (κ3) is 3.57. The van der Waals surface area contributed by atoms with Crippen LogP contribution in [-0.2, 0) is 22.6 Å². The Morgan fingerprint density at radius 3 is 2.48 bits per heavy atom. The fraction of sp³-hybridized carbons (Fsp3) is 0.579. The summed E-state index contributed by atoms with van der Waals surface area (Å²) in [5.74, 6) is 1.21. The zero-order chi connectivity index (χ0) is 18.0. The fourth-order valence-corrected chi connectivity index (χ4v) is 3.44. The van der Waals surface area contributed by atoms with Gasteiger partial charge >= 0.3 is 0 Å². The summed E-state index contributed by atoms with van der Waals surface area (Å²) >= 11 is 0. The minimum Gasteiger partial charge on any atom is -0.493 e. The Balaban J connectivity index is 1.65. The molecule has 1 aliphatic heterocycles. The van der Waals surface area contributed by atoms with E-state index >= 15 is 0 Å². The molecule has 0 radical (unpaired) electrons. The molecule has 6 nitrogen and oxygen atoms in total. The number of ether oxygens (including phenoxy) is 2. The molecule has 0 saturated heterocycles. The molecule has 2 unspecified atom stereocenters. The molecule has 25 heavy (non-hydrogen) atoms. The van der Waals surface area contributed by atoms with Gasteiger partial charge in [-0.3, -0.25) is 9.59 Å². The molecule has 2 amide bonds. The molecular formula is C19H26N2O4. The molecule has 1 aromatic carbocycles. The second kappa shape index (κ2) is 7.33.